The maximum absolute atomic E-state index is 14.4. The number of fused-ring (bicyclic) bond motifs is 1. The summed E-state index contributed by atoms with van der Waals surface area (Å²) in [6.45, 7) is 4.17. The van der Waals surface area contributed by atoms with E-state index in [0.29, 0.717) is 0 Å². The highest BCUT2D eigenvalue weighted by molar-refractivity contribution is 5.84. The van der Waals surface area contributed by atoms with E-state index in [-0.39, 0.29) is 5.82 Å². The summed E-state index contributed by atoms with van der Waals surface area (Å²) in [6, 6.07) is 12.7. The van der Waals surface area contributed by atoms with Gasteiger partial charge in [0.25, 0.3) is 0 Å². The molecule has 0 fully saturated rings. The fourth-order valence-corrected chi connectivity index (χ4v) is 3.05. The Bertz CT molecular complexity index is 678. The quantitative estimate of drug-likeness (QED) is 0.702. The molecular weight excluding hydrogens is 259 g/mol. The Morgan fingerprint density at radius 3 is 2.33 bits per heavy atom. The predicted molar refractivity (Wildman–Crippen MR) is 87.8 cm³/mol. The maximum Gasteiger partial charge on any atom is 0.130 e. The third-order valence-electron chi connectivity index (χ3n) is 4.45. The Kier molecular flexibility index (Phi) is 3.92. The number of hydrogen-bond donors (Lipinski definition) is 0. The fraction of sp³-hybridized carbons (Fsp3) is 0.300. The number of allylic oxidation sites excluding steroid dienone is 1. The van der Waals surface area contributed by atoms with Gasteiger partial charge in [0.1, 0.15) is 5.82 Å². The summed E-state index contributed by atoms with van der Waals surface area (Å²) in [5.41, 5.74) is 6.70. The molecule has 0 amide bonds. The van der Waals surface area contributed by atoms with E-state index >= 15 is 0 Å². The molecule has 0 saturated heterocycles. The zero-order valence-corrected chi connectivity index (χ0v) is 12.7. The molecule has 0 unspecified atom stereocenters. The summed E-state index contributed by atoms with van der Waals surface area (Å²) < 4.78 is 14.4. The Labute approximate surface area is 126 Å². The number of hydrogen-bond acceptors (Lipinski definition) is 0. The van der Waals surface area contributed by atoms with Crippen LogP contribution in [-0.4, -0.2) is 0 Å². The fourth-order valence-electron chi connectivity index (χ4n) is 3.05. The molecule has 0 spiro atoms. The molecule has 2 aromatic carbocycles. The molecule has 0 N–H and O–H groups in total. The largest absolute Gasteiger partial charge is 0.206 e. The van der Waals surface area contributed by atoms with Gasteiger partial charge in [0, 0.05) is 0 Å². The Morgan fingerprint density at radius 1 is 0.905 bits per heavy atom. The van der Waals surface area contributed by atoms with E-state index in [0.717, 1.165) is 42.4 Å². The first-order valence-corrected chi connectivity index (χ1v) is 7.83. The van der Waals surface area contributed by atoms with Crippen molar-refractivity contribution >= 4 is 11.6 Å². The topological polar surface area (TPSA) is 0 Å². The minimum Gasteiger partial charge on any atom is -0.206 e. The molecule has 0 bridgehead atoms. The number of aryl methyl sites for hydroxylation is 2. The van der Waals surface area contributed by atoms with Gasteiger partial charge in [0.05, 0.1) is 0 Å². The monoisotopic (exact) mass is 280 g/mol. The molecule has 2 aromatic rings. The Balaban J connectivity index is 1.98. The van der Waals surface area contributed by atoms with Gasteiger partial charge in [-0.3, -0.25) is 0 Å². The lowest BCUT2D eigenvalue weighted by Crippen LogP contribution is -2.04. The molecule has 1 aliphatic carbocycles. The van der Waals surface area contributed by atoms with Crippen LogP contribution >= 0.6 is 0 Å². The molecule has 0 nitrogen and oxygen atoms in total. The van der Waals surface area contributed by atoms with Crippen LogP contribution in [-0.2, 0) is 19.3 Å². The van der Waals surface area contributed by atoms with Crippen molar-refractivity contribution in [3.8, 4) is 0 Å². The van der Waals surface area contributed by atoms with Crippen molar-refractivity contribution in [3.05, 3.63) is 70.0 Å². The number of halogens is 1. The van der Waals surface area contributed by atoms with Gasteiger partial charge in [-0.15, -0.1) is 0 Å². The van der Waals surface area contributed by atoms with Gasteiger partial charge in [-0.2, -0.15) is 0 Å². The van der Waals surface area contributed by atoms with E-state index in [1.807, 2.05) is 13.0 Å². The molecule has 108 valence electrons. The van der Waals surface area contributed by atoms with Crippen LogP contribution in [0.25, 0.3) is 11.6 Å². The van der Waals surface area contributed by atoms with E-state index in [1.165, 1.54) is 16.7 Å². The minimum atomic E-state index is 0.00614. The first kappa shape index (κ1) is 14.1. The highest BCUT2D eigenvalue weighted by Crippen LogP contribution is 2.32. The second-order valence-electron chi connectivity index (χ2n) is 5.68. The molecule has 0 aromatic heterocycles. The normalized spacial score (nSPS) is 13.8. The van der Waals surface area contributed by atoms with E-state index < -0.39 is 0 Å². The summed E-state index contributed by atoms with van der Waals surface area (Å²) in [5, 5.41) is 0. The van der Waals surface area contributed by atoms with Gasteiger partial charge in [-0.1, -0.05) is 56.3 Å². The zero-order valence-electron chi connectivity index (χ0n) is 12.7. The Hall–Kier alpha value is -1.89. The lowest BCUT2D eigenvalue weighted by molar-refractivity contribution is 0.593. The van der Waals surface area contributed by atoms with Crippen LogP contribution in [0.4, 0.5) is 4.39 Å². The van der Waals surface area contributed by atoms with Crippen LogP contribution in [0.3, 0.4) is 0 Å². The van der Waals surface area contributed by atoms with E-state index in [2.05, 4.69) is 43.3 Å². The molecule has 0 radical (unpaired) electrons. The molecule has 3 rings (SSSR count). The van der Waals surface area contributed by atoms with Crippen LogP contribution < -0.4 is 0 Å². The average molecular weight is 280 g/mol. The van der Waals surface area contributed by atoms with Gasteiger partial charge < -0.3 is 0 Å². The SMILES string of the molecule is CCc1ccc(C2=Cc3ccc(CC)c(F)c3CC2)cc1. The van der Waals surface area contributed by atoms with Crippen molar-refractivity contribution in [2.75, 3.05) is 0 Å². The third-order valence-corrected chi connectivity index (χ3v) is 4.45. The zero-order chi connectivity index (χ0) is 14.8. The van der Waals surface area contributed by atoms with Crippen molar-refractivity contribution in [1.82, 2.24) is 0 Å². The third kappa shape index (κ3) is 2.65. The van der Waals surface area contributed by atoms with Gasteiger partial charge in [-0.05, 0) is 59.1 Å². The molecular formula is C20H21F. The molecule has 0 atom stereocenters. The first-order valence-electron chi connectivity index (χ1n) is 7.83. The Morgan fingerprint density at radius 2 is 1.67 bits per heavy atom. The van der Waals surface area contributed by atoms with Crippen molar-refractivity contribution in [2.45, 2.75) is 39.5 Å². The van der Waals surface area contributed by atoms with Crippen molar-refractivity contribution in [1.29, 1.82) is 0 Å². The molecule has 0 heterocycles. The van der Waals surface area contributed by atoms with Crippen LogP contribution in [0, 0.1) is 5.82 Å². The lowest BCUT2D eigenvalue weighted by Gasteiger charge is -2.19. The van der Waals surface area contributed by atoms with Gasteiger partial charge >= 0.3 is 0 Å². The van der Waals surface area contributed by atoms with Crippen molar-refractivity contribution in [3.63, 3.8) is 0 Å². The predicted octanol–water partition coefficient (Wildman–Crippen LogP) is 5.44. The highest BCUT2D eigenvalue weighted by Gasteiger charge is 2.17. The lowest BCUT2D eigenvalue weighted by atomic mass is 9.87. The van der Waals surface area contributed by atoms with Crippen LogP contribution in [0.1, 0.15) is 48.1 Å². The van der Waals surface area contributed by atoms with Crippen molar-refractivity contribution in [2.24, 2.45) is 0 Å². The molecule has 0 saturated carbocycles. The number of rotatable bonds is 3. The van der Waals surface area contributed by atoms with E-state index in [1.54, 1.807) is 0 Å². The van der Waals surface area contributed by atoms with Crippen LogP contribution in [0.15, 0.2) is 36.4 Å². The van der Waals surface area contributed by atoms with Crippen LogP contribution in [0.2, 0.25) is 0 Å². The summed E-state index contributed by atoms with van der Waals surface area (Å²) >= 11 is 0. The second kappa shape index (κ2) is 5.85. The smallest absolute Gasteiger partial charge is 0.130 e. The summed E-state index contributed by atoms with van der Waals surface area (Å²) in [5.74, 6) is 0.00614. The minimum absolute atomic E-state index is 0.00614. The molecule has 1 heteroatoms. The van der Waals surface area contributed by atoms with E-state index in [9.17, 15) is 4.39 Å². The molecule has 0 aliphatic heterocycles. The number of benzene rings is 2. The second-order valence-corrected chi connectivity index (χ2v) is 5.68. The van der Waals surface area contributed by atoms with E-state index in [4.69, 9.17) is 0 Å². The van der Waals surface area contributed by atoms with Gasteiger partial charge in [0.2, 0.25) is 0 Å². The summed E-state index contributed by atoms with van der Waals surface area (Å²) in [7, 11) is 0. The van der Waals surface area contributed by atoms with Crippen molar-refractivity contribution < 1.29 is 4.39 Å². The molecule has 1 aliphatic rings. The first-order chi connectivity index (χ1) is 10.2. The summed E-state index contributed by atoms with van der Waals surface area (Å²) in [4.78, 5) is 0. The van der Waals surface area contributed by atoms with Gasteiger partial charge in [-0.25, -0.2) is 4.39 Å². The average Bonchev–Trinajstić information content (AvgIpc) is 2.55. The summed E-state index contributed by atoms with van der Waals surface area (Å²) in [6.07, 6.45) is 5.70. The standard InChI is InChI=1S/C20H21F/c1-3-14-5-7-16(8-6-14)17-11-12-19-18(13-17)10-9-15(4-2)20(19)21/h5-10,13H,3-4,11-12H2,1-2H3. The maximum atomic E-state index is 14.4. The van der Waals surface area contributed by atoms with Crippen LogP contribution in [0.5, 0.6) is 0 Å². The highest BCUT2D eigenvalue weighted by atomic mass is 19.1. The van der Waals surface area contributed by atoms with Gasteiger partial charge in [0.15, 0.2) is 0 Å². The molecule has 21 heavy (non-hydrogen) atoms.